The highest BCUT2D eigenvalue weighted by molar-refractivity contribution is 8.00. The van der Waals surface area contributed by atoms with Crippen LogP contribution in [0.1, 0.15) is 18.1 Å². The number of rotatable bonds is 12. The number of fused-ring (bicyclic) bond motifs is 2. The summed E-state index contributed by atoms with van der Waals surface area (Å²) in [6.07, 6.45) is 3.06. The molecule has 5 heterocycles. The third-order valence-corrected chi connectivity index (χ3v) is 9.47. The molecule has 2 aliphatic heterocycles. The van der Waals surface area contributed by atoms with Crippen molar-refractivity contribution in [2.45, 2.75) is 24.9 Å². The van der Waals surface area contributed by atoms with Crippen LogP contribution in [0.25, 0.3) is 4.83 Å². The Morgan fingerprint density at radius 1 is 1.39 bits per heavy atom. The number of anilines is 1. The van der Waals surface area contributed by atoms with Crippen molar-refractivity contribution in [3.63, 3.8) is 0 Å². The van der Waals surface area contributed by atoms with E-state index >= 15 is 0 Å². The zero-order chi connectivity index (χ0) is 29.5. The van der Waals surface area contributed by atoms with Crippen LogP contribution in [0.5, 0.6) is 0 Å². The first-order chi connectivity index (χ1) is 19.5. The number of β-lactam (4-membered cyclic amide) rings is 1. The van der Waals surface area contributed by atoms with Gasteiger partial charge < -0.3 is 20.5 Å². The van der Waals surface area contributed by atoms with Crippen LogP contribution in [0, 0.1) is 5.92 Å². The number of nitrogens with zero attached hydrogens (tertiary/aromatic N) is 6. The second-order valence-corrected chi connectivity index (χ2v) is 12.9. The summed E-state index contributed by atoms with van der Waals surface area (Å²) < 4.78 is 45.0. The number of nitrogens with one attached hydrogen (secondary N) is 1. The second kappa shape index (κ2) is 11.4. The van der Waals surface area contributed by atoms with E-state index in [1.54, 1.807) is 26.7 Å². The molecule has 16 nitrogen and oxygen atoms in total. The molecule has 0 bridgehead atoms. The van der Waals surface area contributed by atoms with E-state index < -0.39 is 51.7 Å². The molecule has 21 heteroatoms. The van der Waals surface area contributed by atoms with Gasteiger partial charge in [-0.1, -0.05) is 16.5 Å². The number of aliphatic carboxylic acids is 1. The number of alkyl halides is 1. The number of carbonyl (C=O) groups excluding carboxylic acids is 3. The topological polar surface area (TPSA) is 231 Å². The minimum absolute atomic E-state index is 0.0146. The lowest BCUT2D eigenvalue weighted by Crippen LogP contribution is -2.63. The van der Waals surface area contributed by atoms with Gasteiger partial charge in [0.1, 0.15) is 25.5 Å². The Balaban J connectivity index is 1.38. The van der Waals surface area contributed by atoms with Crippen molar-refractivity contribution in [2.24, 2.45) is 16.2 Å². The van der Waals surface area contributed by atoms with Crippen molar-refractivity contribution in [3.8, 4) is 0 Å². The van der Waals surface area contributed by atoms with Crippen LogP contribution in [0.2, 0.25) is 0 Å². The highest BCUT2D eigenvalue weighted by atomic mass is 32.2. The summed E-state index contributed by atoms with van der Waals surface area (Å²) in [5.74, 6) is -3.34. The lowest BCUT2D eigenvalue weighted by atomic mass is 9.89. The predicted molar refractivity (Wildman–Crippen MR) is 142 cm³/mol. The van der Waals surface area contributed by atoms with Crippen LogP contribution in [0.4, 0.5) is 9.52 Å². The van der Waals surface area contributed by atoms with Crippen molar-refractivity contribution in [3.05, 3.63) is 40.7 Å². The highest BCUT2D eigenvalue weighted by Gasteiger charge is 2.53. The zero-order valence-corrected chi connectivity index (χ0v) is 23.9. The van der Waals surface area contributed by atoms with Crippen molar-refractivity contribution >= 4 is 78.2 Å². The number of hydrogen-bond acceptors (Lipinski definition) is 14. The number of Topliss-reactive ketones (excluding diaryl/α,β-unsaturated/α-hetero) is 1. The number of carbonyl (C=O) groups is 3. The van der Waals surface area contributed by atoms with Crippen molar-refractivity contribution < 1.29 is 41.7 Å². The van der Waals surface area contributed by atoms with E-state index in [0.717, 1.165) is 21.3 Å². The SMILES string of the molecule is Nc1nc(/C(=N/OCF)C(=O)C[C@@H]2C(=O)N3C(C(=O)[O-])=C(C[n+]4cc5sccn5c4CNS(N)(=O)=O)CS[C@H]23)ns1. The molecule has 3 aromatic rings. The normalized spacial score (nSPS) is 19.4. The van der Waals surface area contributed by atoms with Gasteiger partial charge in [0.05, 0.1) is 23.0 Å². The third-order valence-electron chi connectivity index (χ3n) is 6.18. The number of nitrogen functional groups attached to an aromatic ring is 1. The van der Waals surface area contributed by atoms with Crippen molar-refractivity contribution in [1.82, 2.24) is 23.4 Å². The molecular formula is C20H20FN9O7S4. The molecule has 5 N–H and O–H groups in total. The molecule has 0 unspecified atom stereocenters. The maximum Gasteiger partial charge on any atom is 0.277 e. The number of thiazole rings is 1. The van der Waals surface area contributed by atoms with Gasteiger partial charge in [0.25, 0.3) is 22.9 Å². The fourth-order valence-corrected chi connectivity index (χ4v) is 7.46. The summed E-state index contributed by atoms with van der Waals surface area (Å²) >= 11 is 3.42. The van der Waals surface area contributed by atoms with E-state index in [0.29, 0.717) is 11.4 Å². The Morgan fingerprint density at radius 3 is 2.83 bits per heavy atom. The summed E-state index contributed by atoms with van der Waals surface area (Å²) in [4.78, 5) is 48.5. The molecule has 0 spiro atoms. The van der Waals surface area contributed by atoms with Gasteiger partial charge in [-0.2, -0.15) is 26.9 Å². The Morgan fingerprint density at radius 2 is 2.17 bits per heavy atom. The van der Waals surface area contributed by atoms with Crippen LogP contribution in [-0.4, -0.2) is 68.4 Å². The second-order valence-electron chi connectivity index (χ2n) is 8.67. The molecule has 1 fully saturated rings. The van der Waals surface area contributed by atoms with Crippen LogP contribution in [-0.2, 0) is 42.5 Å². The number of imidazole rings is 1. The lowest BCUT2D eigenvalue weighted by Gasteiger charge is -2.50. The Kier molecular flexibility index (Phi) is 8.07. The largest absolute Gasteiger partial charge is 0.543 e. The molecule has 0 aliphatic carbocycles. The monoisotopic (exact) mass is 645 g/mol. The number of carboxylic acid groups (broad SMARTS) is 1. The van der Waals surface area contributed by atoms with Gasteiger partial charge >= 0.3 is 0 Å². The van der Waals surface area contributed by atoms with E-state index in [4.69, 9.17) is 10.9 Å². The first-order valence-corrected chi connectivity index (χ1v) is 15.7. The van der Waals surface area contributed by atoms with E-state index in [1.165, 1.54) is 23.1 Å². The van der Waals surface area contributed by atoms with Gasteiger partial charge in [-0.25, -0.2) is 14.1 Å². The number of hydrogen-bond donors (Lipinski definition) is 3. The molecule has 2 aliphatic rings. The number of halogens is 1. The van der Waals surface area contributed by atoms with Crippen molar-refractivity contribution in [2.75, 3.05) is 18.3 Å². The van der Waals surface area contributed by atoms with Crippen molar-refractivity contribution in [1.29, 1.82) is 0 Å². The summed E-state index contributed by atoms with van der Waals surface area (Å²) in [7, 11) is -4.01. The van der Waals surface area contributed by atoms with Crippen LogP contribution >= 0.6 is 34.6 Å². The van der Waals surface area contributed by atoms with E-state index in [2.05, 4.69) is 24.1 Å². The summed E-state index contributed by atoms with van der Waals surface area (Å²) in [5, 5.41) is 21.9. The van der Waals surface area contributed by atoms with Crippen LogP contribution < -0.4 is 25.3 Å². The number of amides is 1. The molecule has 1 saturated heterocycles. The number of thioether (sulfide) groups is 1. The van der Waals surface area contributed by atoms with E-state index in [-0.39, 0.29) is 41.9 Å². The summed E-state index contributed by atoms with van der Waals surface area (Å²) in [5.41, 5.74) is 5.18. The molecule has 0 radical (unpaired) electrons. The molecule has 41 heavy (non-hydrogen) atoms. The molecule has 1 amide bonds. The zero-order valence-electron chi connectivity index (χ0n) is 20.6. The van der Waals surface area contributed by atoms with Crippen LogP contribution in [0.3, 0.4) is 0 Å². The Bertz CT molecular complexity index is 1710. The Labute approximate surface area is 242 Å². The molecule has 0 aromatic carbocycles. The van der Waals surface area contributed by atoms with E-state index in [1.807, 2.05) is 0 Å². The number of nitrogens with two attached hydrogens (primary N) is 2. The van der Waals surface area contributed by atoms with Gasteiger partial charge in [0.15, 0.2) is 16.6 Å². The first kappa shape index (κ1) is 29.0. The first-order valence-electron chi connectivity index (χ1n) is 11.5. The molecular weight excluding hydrogens is 626 g/mol. The van der Waals surface area contributed by atoms with Gasteiger partial charge in [-0.05, 0) is 0 Å². The third kappa shape index (κ3) is 5.81. The van der Waals surface area contributed by atoms with E-state index in [9.17, 15) is 32.3 Å². The predicted octanol–water partition coefficient (Wildman–Crippen LogP) is -2.14. The van der Waals surface area contributed by atoms with Gasteiger partial charge in [-0.3, -0.25) is 14.5 Å². The highest BCUT2D eigenvalue weighted by Crippen LogP contribution is 2.45. The molecule has 3 aromatic heterocycles. The fourth-order valence-electron chi connectivity index (χ4n) is 4.50. The average molecular weight is 646 g/mol. The quantitative estimate of drug-likeness (QED) is 0.0832. The number of aromatic nitrogens is 4. The maximum absolute atomic E-state index is 13.2. The summed E-state index contributed by atoms with van der Waals surface area (Å²) in [6.45, 7) is -1.47. The Hall–Kier alpha value is -3.50. The lowest BCUT2D eigenvalue weighted by molar-refractivity contribution is -0.695. The standard InChI is InChI=1S/C20H20FN9O7S4/c21-8-37-26-14(16-25-20(22)40-27-16)11(31)3-10-17(32)30-15(19(33)34)9(7-39-18(10)30)5-28-6-13-29(1-2-38-13)12(28)4-24-41(23,35)36/h1-2,6,10,18,24H,3-5,7-8H2,(H4-,22,23,25,27,33,34,35,36)/b26-14+/t10-,18-/m1/s1. The molecule has 2 atom stereocenters. The van der Waals surface area contributed by atoms with Crippen LogP contribution in [0.15, 0.2) is 34.2 Å². The molecule has 218 valence electrons. The summed E-state index contributed by atoms with van der Waals surface area (Å²) in [6, 6.07) is 0. The fraction of sp³-hybridized carbons (Fsp3) is 0.350. The number of ketones is 1. The number of carboxylic acids is 1. The number of oxime groups is 1. The minimum Gasteiger partial charge on any atom is -0.543 e. The van der Waals surface area contributed by atoms with Gasteiger partial charge in [0.2, 0.25) is 16.6 Å². The smallest absolute Gasteiger partial charge is 0.277 e. The maximum atomic E-state index is 13.2. The van der Waals surface area contributed by atoms with Gasteiger partial charge in [0, 0.05) is 34.7 Å². The van der Waals surface area contributed by atoms with Gasteiger partial charge in [-0.15, -0.1) is 11.8 Å². The molecule has 5 rings (SSSR count). The minimum atomic E-state index is -4.01. The average Bonchev–Trinajstić information content (AvgIpc) is 3.62. The molecule has 0 saturated carbocycles.